The maximum atomic E-state index is 14.7. The number of carbonyl (C=O) groups excluding carboxylic acids is 3. The van der Waals surface area contributed by atoms with Gasteiger partial charge in [-0.05, 0) is 49.5 Å². The van der Waals surface area contributed by atoms with Gasteiger partial charge in [0.1, 0.15) is 0 Å². The van der Waals surface area contributed by atoms with Crippen LogP contribution in [0.5, 0.6) is 0 Å². The topological polar surface area (TPSA) is 91.8 Å². The molecule has 1 aromatic heterocycles. The Morgan fingerprint density at radius 1 is 1.11 bits per heavy atom. The number of ether oxygens (including phenoxy) is 1. The van der Waals surface area contributed by atoms with Crippen molar-refractivity contribution in [3.63, 3.8) is 0 Å². The van der Waals surface area contributed by atoms with E-state index in [1.54, 1.807) is 48.7 Å². The van der Waals surface area contributed by atoms with Gasteiger partial charge >= 0.3 is 6.03 Å². The van der Waals surface area contributed by atoms with Gasteiger partial charge in [0, 0.05) is 31.8 Å². The number of imide groups is 1. The first-order chi connectivity index (χ1) is 17.5. The number of carbonyl (C=O) groups is 3. The molecule has 0 radical (unpaired) electrons. The van der Waals surface area contributed by atoms with Crippen molar-refractivity contribution in [2.24, 2.45) is 5.92 Å². The van der Waals surface area contributed by atoms with E-state index in [9.17, 15) is 18.8 Å². The zero-order valence-corrected chi connectivity index (χ0v) is 19.9. The molecule has 4 heterocycles. The van der Waals surface area contributed by atoms with Gasteiger partial charge in [-0.3, -0.25) is 19.5 Å². The molecule has 9 heteroatoms. The molecule has 8 nitrogen and oxygen atoms in total. The van der Waals surface area contributed by atoms with Crippen molar-refractivity contribution in [2.45, 2.75) is 37.3 Å². The highest BCUT2D eigenvalue weighted by atomic mass is 19.1. The van der Waals surface area contributed by atoms with Crippen molar-refractivity contribution in [2.75, 3.05) is 26.2 Å². The summed E-state index contributed by atoms with van der Waals surface area (Å²) in [6, 6.07) is 13.7. The van der Waals surface area contributed by atoms with E-state index in [1.807, 2.05) is 6.07 Å². The predicted octanol–water partition coefficient (Wildman–Crippen LogP) is 3.26. The van der Waals surface area contributed by atoms with Gasteiger partial charge in [0.2, 0.25) is 0 Å². The maximum absolute atomic E-state index is 14.7. The van der Waals surface area contributed by atoms with Crippen LogP contribution in [0.3, 0.4) is 0 Å². The second-order valence-electron chi connectivity index (χ2n) is 9.47. The Morgan fingerprint density at radius 2 is 1.86 bits per heavy atom. The minimum atomic E-state index is -1.33. The Kier molecular flexibility index (Phi) is 6.82. The molecule has 36 heavy (non-hydrogen) atoms. The van der Waals surface area contributed by atoms with Crippen LogP contribution >= 0.6 is 0 Å². The molecule has 2 atom stereocenters. The summed E-state index contributed by atoms with van der Waals surface area (Å²) in [6.45, 7) is 1.36. The van der Waals surface area contributed by atoms with Gasteiger partial charge in [-0.2, -0.15) is 0 Å². The number of nitrogens with one attached hydrogen (secondary N) is 1. The van der Waals surface area contributed by atoms with Crippen LogP contribution in [0.4, 0.5) is 9.18 Å². The van der Waals surface area contributed by atoms with Gasteiger partial charge in [0.25, 0.3) is 11.8 Å². The van der Waals surface area contributed by atoms with E-state index in [4.69, 9.17) is 4.74 Å². The molecule has 1 aromatic carbocycles. The Labute approximate surface area is 209 Å². The van der Waals surface area contributed by atoms with E-state index >= 15 is 0 Å². The van der Waals surface area contributed by atoms with Crippen LogP contribution in [-0.2, 0) is 19.9 Å². The number of hydrogen-bond donors (Lipinski definition) is 1. The van der Waals surface area contributed by atoms with Gasteiger partial charge in [-0.25, -0.2) is 9.18 Å². The lowest BCUT2D eigenvalue weighted by Crippen LogP contribution is -2.54. The number of pyridine rings is 1. The van der Waals surface area contributed by atoms with E-state index in [2.05, 4.69) is 10.3 Å². The van der Waals surface area contributed by atoms with E-state index in [1.165, 1.54) is 15.9 Å². The summed E-state index contributed by atoms with van der Waals surface area (Å²) in [5.41, 5.74) is -0.249. The summed E-state index contributed by atoms with van der Waals surface area (Å²) in [5, 5.41) is 2.96. The molecule has 3 aliphatic rings. The number of benzene rings is 1. The van der Waals surface area contributed by atoms with Crippen LogP contribution in [-0.4, -0.2) is 65.0 Å². The minimum absolute atomic E-state index is 0.168. The van der Waals surface area contributed by atoms with E-state index in [-0.39, 0.29) is 37.6 Å². The standard InChI is InChI=1S/C27H29FN4O4/c28-22(17-19-7-2-1-3-8-19)24(33)31-14-11-20(12-15-31)27(23-10-4-5-13-29-23)25(34)32(26(35)30-27)18-21-9-6-16-36-21/h1-5,7-8,10,13,17,20-21H,6,9,11-12,14-16,18H2,(H,30,35). The third-order valence-electron chi connectivity index (χ3n) is 7.30. The fraction of sp³-hybridized carbons (Fsp3) is 0.407. The van der Waals surface area contributed by atoms with Gasteiger partial charge in [-0.1, -0.05) is 36.4 Å². The second kappa shape index (κ2) is 10.2. The van der Waals surface area contributed by atoms with Crippen LogP contribution in [0.1, 0.15) is 36.9 Å². The number of amides is 4. The molecule has 1 N–H and O–H groups in total. The Hall–Kier alpha value is -3.59. The number of halogens is 1. The molecule has 0 aliphatic carbocycles. The number of piperidine rings is 1. The van der Waals surface area contributed by atoms with Crippen LogP contribution in [0.2, 0.25) is 0 Å². The summed E-state index contributed by atoms with van der Waals surface area (Å²) in [4.78, 5) is 46.8. The average molecular weight is 493 g/mol. The van der Waals surface area contributed by atoms with E-state index in [0.29, 0.717) is 30.7 Å². The highest BCUT2D eigenvalue weighted by Crippen LogP contribution is 2.41. The zero-order valence-electron chi connectivity index (χ0n) is 19.9. The fourth-order valence-electron chi connectivity index (χ4n) is 5.43. The normalized spacial score (nSPS) is 25.4. The van der Waals surface area contributed by atoms with Crippen LogP contribution < -0.4 is 5.32 Å². The Bertz CT molecular complexity index is 1140. The molecular weight excluding hydrogens is 463 g/mol. The first-order valence-corrected chi connectivity index (χ1v) is 12.4. The van der Waals surface area contributed by atoms with Gasteiger partial charge < -0.3 is 15.0 Å². The number of rotatable bonds is 6. The molecule has 2 aromatic rings. The van der Waals surface area contributed by atoms with Crippen molar-refractivity contribution in [1.29, 1.82) is 0 Å². The molecule has 2 unspecified atom stereocenters. The largest absolute Gasteiger partial charge is 0.376 e. The lowest BCUT2D eigenvalue weighted by Gasteiger charge is -2.40. The minimum Gasteiger partial charge on any atom is -0.376 e. The zero-order chi connectivity index (χ0) is 25.1. The molecule has 188 valence electrons. The fourth-order valence-corrected chi connectivity index (χ4v) is 5.43. The average Bonchev–Trinajstić information content (AvgIpc) is 3.52. The number of likely N-dealkylation sites (tertiary alicyclic amines) is 1. The van der Waals surface area contributed by atoms with Crippen molar-refractivity contribution >= 4 is 23.9 Å². The van der Waals surface area contributed by atoms with Gasteiger partial charge in [-0.15, -0.1) is 0 Å². The number of urea groups is 1. The molecule has 5 rings (SSSR count). The number of nitrogens with zero attached hydrogens (tertiary/aromatic N) is 3. The van der Waals surface area contributed by atoms with Gasteiger partial charge in [0.15, 0.2) is 11.4 Å². The molecular formula is C27H29FN4O4. The van der Waals surface area contributed by atoms with Crippen LogP contribution in [0.15, 0.2) is 60.6 Å². The van der Waals surface area contributed by atoms with Crippen molar-refractivity contribution in [1.82, 2.24) is 20.1 Å². The lowest BCUT2D eigenvalue weighted by molar-refractivity contribution is -0.136. The Balaban J connectivity index is 1.34. The van der Waals surface area contributed by atoms with Crippen LogP contribution in [0, 0.1) is 5.92 Å². The molecule has 0 saturated carbocycles. The maximum Gasteiger partial charge on any atom is 0.325 e. The number of hydrogen-bond acceptors (Lipinski definition) is 5. The summed E-state index contributed by atoms with van der Waals surface area (Å²) in [7, 11) is 0. The molecule has 3 fully saturated rings. The quantitative estimate of drug-likeness (QED) is 0.494. The van der Waals surface area contributed by atoms with E-state index in [0.717, 1.165) is 12.8 Å². The highest BCUT2D eigenvalue weighted by Gasteiger charge is 2.58. The number of aromatic nitrogens is 1. The first kappa shape index (κ1) is 24.1. The van der Waals surface area contributed by atoms with Crippen molar-refractivity contribution < 1.29 is 23.5 Å². The third kappa shape index (κ3) is 4.51. The lowest BCUT2D eigenvalue weighted by atomic mass is 9.75. The monoisotopic (exact) mass is 492 g/mol. The molecule has 0 spiro atoms. The predicted molar refractivity (Wildman–Crippen MR) is 130 cm³/mol. The highest BCUT2D eigenvalue weighted by molar-refractivity contribution is 6.07. The summed E-state index contributed by atoms with van der Waals surface area (Å²) in [6.07, 6.45) is 5.20. The molecule has 3 saturated heterocycles. The van der Waals surface area contributed by atoms with Crippen molar-refractivity contribution in [3.8, 4) is 0 Å². The first-order valence-electron chi connectivity index (χ1n) is 12.4. The second-order valence-corrected chi connectivity index (χ2v) is 9.47. The summed E-state index contributed by atoms with van der Waals surface area (Å²) in [5.74, 6) is -2.15. The van der Waals surface area contributed by atoms with E-state index < -0.39 is 23.3 Å². The third-order valence-corrected chi connectivity index (χ3v) is 7.30. The van der Waals surface area contributed by atoms with Crippen molar-refractivity contribution in [3.05, 3.63) is 71.8 Å². The van der Waals surface area contributed by atoms with Crippen LogP contribution in [0.25, 0.3) is 6.08 Å². The summed E-state index contributed by atoms with van der Waals surface area (Å²) >= 11 is 0. The molecule has 3 aliphatic heterocycles. The van der Waals surface area contributed by atoms with Gasteiger partial charge in [0.05, 0.1) is 18.3 Å². The SMILES string of the molecule is O=C(C(F)=Cc1ccccc1)N1CCC(C2(c3ccccn3)NC(=O)N(CC3CCCO3)C2=O)CC1. The Morgan fingerprint density at radius 3 is 2.53 bits per heavy atom. The molecule has 0 bridgehead atoms. The smallest absolute Gasteiger partial charge is 0.325 e. The summed E-state index contributed by atoms with van der Waals surface area (Å²) < 4.78 is 20.4. The molecule has 4 amide bonds.